The lowest BCUT2D eigenvalue weighted by molar-refractivity contribution is -0.153. The summed E-state index contributed by atoms with van der Waals surface area (Å²) in [6.45, 7) is 8.38. The zero-order valence-electron chi connectivity index (χ0n) is 13.1. The van der Waals surface area contributed by atoms with Crippen molar-refractivity contribution in [2.24, 2.45) is 28.6 Å². The molecule has 0 unspecified atom stereocenters. The van der Waals surface area contributed by atoms with Crippen molar-refractivity contribution in [2.75, 3.05) is 7.11 Å². The standard InChI is InChI=1S/C16H26O4/c1-9-11(6-14(19)20-5)13(18)8-16(4)10(2)12(17)7-15(9,16)3/h9-12,17H,6-8H2,1-5H3/t9-,10-,11-,12+,15+,16+/m1/s1. The maximum absolute atomic E-state index is 12.5. The number of ether oxygens (including phenoxy) is 1. The van der Waals surface area contributed by atoms with Gasteiger partial charge in [0.1, 0.15) is 5.78 Å². The smallest absolute Gasteiger partial charge is 0.306 e. The molecular weight excluding hydrogens is 256 g/mol. The highest BCUT2D eigenvalue weighted by Crippen LogP contribution is 2.65. The van der Waals surface area contributed by atoms with E-state index in [0.717, 1.165) is 0 Å². The van der Waals surface area contributed by atoms with E-state index in [4.69, 9.17) is 4.74 Å². The summed E-state index contributed by atoms with van der Waals surface area (Å²) >= 11 is 0. The zero-order chi connectivity index (χ0) is 15.3. The molecule has 6 atom stereocenters. The number of ketones is 1. The van der Waals surface area contributed by atoms with E-state index in [2.05, 4.69) is 13.8 Å². The van der Waals surface area contributed by atoms with Gasteiger partial charge in [-0.25, -0.2) is 0 Å². The number of aliphatic hydroxyl groups excluding tert-OH is 1. The van der Waals surface area contributed by atoms with Crippen LogP contribution in [0.15, 0.2) is 0 Å². The predicted molar refractivity (Wildman–Crippen MR) is 74.9 cm³/mol. The van der Waals surface area contributed by atoms with Crippen LogP contribution in [0, 0.1) is 28.6 Å². The van der Waals surface area contributed by atoms with Gasteiger partial charge in [-0.1, -0.05) is 27.7 Å². The molecule has 0 amide bonds. The number of methoxy groups -OCH3 is 1. The summed E-state index contributed by atoms with van der Waals surface area (Å²) in [5, 5.41) is 10.3. The molecule has 20 heavy (non-hydrogen) atoms. The fourth-order valence-electron chi connectivity index (χ4n) is 4.63. The van der Waals surface area contributed by atoms with Gasteiger partial charge < -0.3 is 9.84 Å². The maximum Gasteiger partial charge on any atom is 0.306 e. The second kappa shape index (κ2) is 4.83. The van der Waals surface area contributed by atoms with Gasteiger partial charge in [-0.3, -0.25) is 9.59 Å². The number of fused-ring (bicyclic) bond motifs is 1. The number of hydrogen-bond acceptors (Lipinski definition) is 4. The van der Waals surface area contributed by atoms with E-state index in [1.54, 1.807) is 0 Å². The highest BCUT2D eigenvalue weighted by molar-refractivity contribution is 5.87. The largest absolute Gasteiger partial charge is 0.469 e. The third kappa shape index (κ3) is 1.92. The number of rotatable bonds is 2. The van der Waals surface area contributed by atoms with Gasteiger partial charge in [0.25, 0.3) is 0 Å². The lowest BCUT2D eigenvalue weighted by atomic mass is 9.50. The number of aliphatic hydroxyl groups is 1. The van der Waals surface area contributed by atoms with Gasteiger partial charge in [0.15, 0.2) is 0 Å². The van der Waals surface area contributed by atoms with Crippen LogP contribution in [0.3, 0.4) is 0 Å². The van der Waals surface area contributed by atoms with Crippen molar-refractivity contribution in [1.82, 2.24) is 0 Å². The maximum atomic E-state index is 12.5. The second-order valence-electron chi connectivity index (χ2n) is 7.21. The van der Waals surface area contributed by atoms with Crippen molar-refractivity contribution in [2.45, 2.75) is 53.1 Å². The lowest BCUT2D eigenvalue weighted by Crippen LogP contribution is -2.52. The molecule has 0 spiro atoms. The molecular formula is C16H26O4. The number of esters is 1. The van der Waals surface area contributed by atoms with Gasteiger partial charge in [0.2, 0.25) is 0 Å². The summed E-state index contributed by atoms with van der Waals surface area (Å²) < 4.78 is 4.72. The molecule has 0 aromatic rings. The molecule has 2 saturated carbocycles. The topological polar surface area (TPSA) is 63.6 Å². The molecule has 0 aliphatic heterocycles. The fourth-order valence-corrected chi connectivity index (χ4v) is 4.63. The molecule has 0 radical (unpaired) electrons. The van der Waals surface area contributed by atoms with Crippen molar-refractivity contribution < 1.29 is 19.4 Å². The minimum atomic E-state index is -0.364. The molecule has 0 saturated heterocycles. The van der Waals surface area contributed by atoms with E-state index in [0.29, 0.717) is 12.8 Å². The van der Waals surface area contributed by atoms with Gasteiger partial charge in [0.05, 0.1) is 19.6 Å². The van der Waals surface area contributed by atoms with Crippen LogP contribution in [-0.4, -0.2) is 30.1 Å². The first kappa shape index (κ1) is 15.5. The summed E-state index contributed by atoms with van der Waals surface area (Å²) in [7, 11) is 1.35. The van der Waals surface area contributed by atoms with Crippen LogP contribution in [0.1, 0.15) is 47.0 Å². The molecule has 0 bridgehead atoms. The van der Waals surface area contributed by atoms with Crippen LogP contribution in [-0.2, 0) is 14.3 Å². The summed E-state index contributed by atoms with van der Waals surface area (Å²) in [6, 6.07) is 0. The Kier molecular flexibility index (Phi) is 3.74. The Bertz CT molecular complexity index is 432. The predicted octanol–water partition coefficient (Wildman–Crippen LogP) is 2.19. The first-order valence-corrected chi connectivity index (χ1v) is 7.45. The average Bonchev–Trinajstić information content (AvgIpc) is 2.56. The van der Waals surface area contributed by atoms with Crippen LogP contribution in [0.25, 0.3) is 0 Å². The van der Waals surface area contributed by atoms with E-state index >= 15 is 0 Å². The Hall–Kier alpha value is -0.900. The summed E-state index contributed by atoms with van der Waals surface area (Å²) in [6.07, 6.45) is 0.953. The Labute approximate surface area is 120 Å². The van der Waals surface area contributed by atoms with Crippen molar-refractivity contribution in [3.8, 4) is 0 Å². The fraction of sp³-hybridized carbons (Fsp3) is 0.875. The van der Waals surface area contributed by atoms with Crippen LogP contribution >= 0.6 is 0 Å². The molecule has 0 heterocycles. The first-order valence-electron chi connectivity index (χ1n) is 7.45. The molecule has 2 rings (SSSR count). The molecule has 0 aromatic carbocycles. The van der Waals surface area contributed by atoms with Gasteiger partial charge >= 0.3 is 5.97 Å². The lowest BCUT2D eigenvalue weighted by Gasteiger charge is -2.53. The van der Waals surface area contributed by atoms with E-state index in [9.17, 15) is 14.7 Å². The van der Waals surface area contributed by atoms with Crippen molar-refractivity contribution in [3.05, 3.63) is 0 Å². The van der Waals surface area contributed by atoms with E-state index < -0.39 is 0 Å². The number of hydrogen-bond donors (Lipinski definition) is 1. The zero-order valence-corrected chi connectivity index (χ0v) is 13.1. The van der Waals surface area contributed by atoms with E-state index in [1.165, 1.54) is 7.11 Å². The summed E-state index contributed by atoms with van der Waals surface area (Å²) in [4.78, 5) is 24.1. The number of carbonyl (C=O) groups excluding carboxylic acids is 2. The Morgan fingerprint density at radius 2 is 1.90 bits per heavy atom. The van der Waals surface area contributed by atoms with Gasteiger partial charge in [-0.05, 0) is 29.1 Å². The Balaban J connectivity index is 2.34. The number of carbonyl (C=O) groups is 2. The van der Waals surface area contributed by atoms with Crippen LogP contribution in [0.2, 0.25) is 0 Å². The monoisotopic (exact) mass is 282 g/mol. The Morgan fingerprint density at radius 1 is 1.30 bits per heavy atom. The molecule has 0 aromatic heterocycles. The van der Waals surface area contributed by atoms with Crippen molar-refractivity contribution in [3.63, 3.8) is 0 Å². The minimum absolute atomic E-state index is 0.0763. The molecule has 1 N–H and O–H groups in total. The van der Waals surface area contributed by atoms with E-state index in [1.807, 2.05) is 13.8 Å². The molecule has 4 heteroatoms. The number of Topliss-reactive ketones (excluding diaryl/α,β-unsaturated/α-hetero) is 1. The second-order valence-corrected chi connectivity index (χ2v) is 7.21. The molecule has 2 aliphatic carbocycles. The SMILES string of the molecule is COC(=O)C[C@H]1C(=O)C[C@@]2(C)[C@H](C)[C@@H](O)C[C@@]2(C)[C@@H]1C. The average molecular weight is 282 g/mol. The van der Waals surface area contributed by atoms with Crippen molar-refractivity contribution >= 4 is 11.8 Å². The summed E-state index contributed by atoms with van der Waals surface area (Å²) in [5.74, 6) is -0.277. The minimum Gasteiger partial charge on any atom is -0.469 e. The van der Waals surface area contributed by atoms with Gasteiger partial charge in [-0.2, -0.15) is 0 Å². The molecule has 4 nitrogen and oxygen atoms in total. The van der Waals surface area contributed by atoms with E-state index in [-0.39, 0.29) is 52.9 Å². The summed E-state index contributed by atoms with van der Waals surface area (Å²) in [5.41, 5.74) is -0.298. The highest BCUT2D eigenvalue weighted by Gasteiger charge is 2.64. The third-order valence-electron chi connectivity index (χ3n) is 6.70. The van der Waals surface area contributed by atoms with Crippen LogP contribution in [0.5, 0.6) is 0 Å². The first-order chi connectivity index (χ1) is 9.17. The molecule has 114 valence electrons. The highest BCUT2D eigenvalue weighted by atomic mass is 16.5. The van der Waals surface area contributed by atoms with Crippen LogP contribution < -0.4 is 0 Å². The molecule has 2 aliphatic rings. The normalized spacial score (nSPS) is 48.0. The Morgan fingerprint density at radius 3 is 2.45 bits per heavy atom. The van der Waals surface area contributed by atoms with Gasteiger partial charge in [-0.15, -0.1) is 0 Å². The van der Waals surface area contributed by atoms with Crippen LogP contribution in [0.4, 0.5) is 0 Å². The quantitative estimate of drug-likeness (QED) is 0.789. The molecule has 2 fully saturated rings. The third-order valence-corrected chi connectivity index (χ3v) is 6.70. The van der Waals surface area contributed by atoms with Crippen molar-refractivity contribution in [1.29, 1.82) is 0 Å². The van der Waals surface area contributed by atoms with Gasteiger partial charge in [0, 0.05) is 12.3 Å².